The molecule has 1 saturated carbocycles. The molecule has 1 fully saturated rings. The van der Waals surface area contributed by atoms with Gasteiger partial charge in [0.2, 0.25) is 0 Å². The zero-order valence-electron chi connectivity index (χ0n) is 8.87. The van der Waals surface area contributed by atoms with Crippen LogP contribution in [0.5, 0.6) is 0 Å². The van der Waals surface area contributed by atoms with Crippen LogP contribution in [0.1, 0.15) is 25.7 Å². The van der Waals surface area contributed by atoms with E-state index >= 15 is 0 Å². The van der Waals surface area contributed by atoms with E-state index in [9.17, 15) is 9.90 Å². The minimum Gasteiger partial charge on any atom is -0.480 e. The van der Waals surface area contributed by atoms with E-state index in [1.807, 2.05) is 24.3 Å². The molecule has 1 aliphatic carbocycles. The summed E-state index contributed by atoms with van der Waals surface area (Å²) in [5.41, 5.74) is 0.150. The molecule has 2 rings (SSSR count). The highest BCUT2D eigenvalue weighted by molar-refractivity contribution is 14.1. The van der Waals surface area contributed by atoms with Crippen LogP contribution in [-0.4, -0.2) is 16.6 Å². The van der Waals surface area contributed by atoms with E-state index in [4.69, 9.17) is 0 Å². The largest absolute Gasteiger partial charge is 0.480 e. The van der Waals surface area contributed by atoms with Crippen LogP contribution < -0.4 is 5.32 Å². The topological polar surface area (TPSA) is 49.3 Å². The lowest BCUT2D eigenvalue weighted by Gasteiger charge is -2.26. The van der Waals surface area contributed by atoms with Gasteiger partial charge >= 0.3 is 5.97 Å². The van der Waals surface area contributed by atoms with Gasteiger partial charge in [0.25, 0.3) is 0 Å². The summed E-state index contributed by atoms with van der Waals surface area (Å²) < 4.78 is 1.15. The lowest BCUT2D eigenvalue weighted by atomic mass is 9.97. The summed E-state index contributed by atoms with van der Waals surface area (Å²) in [6.45, 7) is 0. The normalized spacial score (nSPS) is 18.3. The quantitative estimate of drug-likeness (QED) is 0.837. The Labute approximate surface area is 108 Å². The maximum absolute atomic E-state index is 11.3. The molecule has 1 aromatic carbocycles. The highest BCUT2D eigenvalue weighted by Crippen LogP contribution is 2.33. The number of nitrogens with one attached hydrogen (secondary N) is 1. The van der Waals surface area contributed by atoms with Crippen molar-refractivity contribution in [3.8, 4) is 0 Å². The second kappa shape index (κ2) is 4.61. The SMILES string of the molecule is O=C(O)C1(Nc2ccc(I)cc2)CCCC1. The van der Waals surface area contributed by atoms with Gasteiger partial charge in [-0.1, -0.05) is 12.8 Å². The van der Waals surface area contributed by atoms with Crippen LogP contribution in [0.2, 0.25) is 0 Å². The third-order valence-corrected chi connectivity index (χ3v) is 3.81. The molecule has 4 heteroatoms. The van der Waals surface area contributed by atoms with Crippen molar-refractivity contribution in [3.63, 3.8) is 0 Å². The summed E-state index contributed by atoms with van der Waals surface area (Å²) in [5.74, 6) is -0.733. The van der Waals surface area contributed by atoms with E-state index in [-0.39, 0.29) is 0 Å². The van der Waals surface area contributed by atoms with Gasteiger partial charge in [-0.05, 0) is 59.7 Å². The molecule has 2 N–H and O–H groups in total. The van der Waals surface area contributed by atoms with Gasteiger partial charge in [-0.15, -0.1) is 0 Å². The van der Waals surface area contributed by atoms with Gasteiger partial charge in [0, 0.05) is 9.26 Å². The van der Waals surface area contributed by atoms with E-state index in [2.05, 4.69) is 27.9 Å². The van der Waals surface area contributed by atoms with Crippen LogP contribution in [0.4, 0.5) is 5.69 Å². The number of rotatable bonds is 3. The predicted octanol–water partition coefficient (Wildman–Crippen LogP) is 3.10. The summed E-state index contributed by atoms with van der Waals surface area (Å²) in [6.07, 6.45) is 3.41. The Hall–Kier alpha value is -0.780. The van der Waals surface area contributed by atoms with Crippen molar-refractivity contribution in [2.45, 2.75) is 31.2 Å². The number of carboxylic acids is 1. The number of carbonyl (C=O) groups is 1. The zero-order valence-corrected chi connectivity index (χ0v) is 11.0. The van der Waals surface area contributed by atoms with Crippen molar-refractivity contribution in [3.05, 3.63) is 27.8 Å². The highest BCUT2D eigenvalue weighted by Gasteiger charge is 2.41. The molecule has 0 radical (unpaired) electrons. The van der Waals surface area contributed by atoms with E-state index < -0.39 is 11.5 Å². The van der Waals surface area contributed by atoms with Crippen LogP contribution in [-0.2, 0) is 4.79 Å². The Balaban J connectivity index is 2.18. The molecule has 1 aliphatic rings. The number of hydrogen-bond acceptors (Lipinski definition) is 2. The Morgan fingerprint density at radius 2 is 1.81 bits per heavy atom. The van der Waals surface area contributed by atoms with Crippen LogP contribution in [0.25, 0.3) is 0 Å². The fourth-order valence-corrected chi connectivity index (χ4v) is 2.54. The maximum Gasteiger partial charge on any atom is 0.329 e. The minimum atomic E-state index is -0.743. The lowest BCUT2D eigenvalue weighted by molar-refractivity contribution is -0.142. The molecule has 1 aromatic rings. The summed E-state index contributed by atoms with van der Waals surface area (Å²) in [7, 11) is 0. The second-order valence-electron chi connectivity index (χ2n) is 4.23. The van der Waals surface area contributed by atoms with Crippen LogP contribution >= 0.6 is 22.6 Å². The number of aliphatic carboxylic acids is 1. The molecule has 0 aliphatic heterocycles. The standard InChI is InChI=1S/C12H14INO2/c13-9-3-5-10(6-4-9)14-12(11(15)16)7-1-2-8-12/h3-6,14H,1-2,7-8H2,(H,15,16). The molecular formula is C12H14INO2. The van der Waals surface area contributed by atoms with Gasteiger partial charge in [0.15, 0.2) is 0 Å². The minimum absolute atomic E-state index is 0.717. The molecule has 0 aromatic heterocycles. The van der Waals surface area contributed by atoms with E-state index in [1.165, 1.54) is 0 Å². The van der Waals surface area contributed by atoms with Gasteiger partial charge < -0.3 is 10.4 Å². The predicted molar refractivity (Wildman–Crippen MR) is 71.6 cm³/mol. The number of benzene rings is 1. The number of hydrogen-bond donors (Lipinski definition) is 2. The average molecular weight is 331 g/mol. The number of halogens is 1. The third kappa shape index (κ3) is 2.31. The smallest absolute Gasteiger partial charge is 0.329 e. The van der Waals surface area contributed by atoms with Gasteiger partial charge in [0.1, 0.15) is 5.54 Å². The first-order valence-electron chi connectivity index (χ1n) is 5.40. The summed E-state index contributed by atoms with van der Waals surface area (Å²) in [4.78, 5) is 11.3. The fraction of sp³-hybridized carbons (Fsp3) is 0.417. The van der Waals surface area contributed by atoms with Crippen molar-refractivity contribution in [2.24, 2.45) is 0 Å². The van der Waals surface area contributed by atoms with E-state index in [0.29, 0.717) is 12.8 Å². The van der Waals surface area contributed by atoms with Crippen LogP contribution in [0.15, 0.2) is 24.3 Å². The molecular weight excluding hydrogens is 317 g/mol. The first kappa shape index (κ1) is 11.7. The number of anilines is 1. The van der Waals surface area contributed by atoms with Crippen LogP contribution in [0.3, 0.4) is 0 Å². The van der Waals surface area contributed by atoms with Crippen molar-refractivity contribution in [1.29, 1.82) is 0 Å². The highest BCUT2D eigenvalue weighted by atomic mass is 127. The van der Waals surface area contributed by atoms with E-state index in [0.717, 1.165) is 22.1 Å². The summed E-state index contributed by atoms with van der Waals surface area (Å²) in [5, 5.41) is 12.5. The van der Waals surface area contributed by atoms with Crippen molar-refractivity contribution < 1.29 is 9.90 Å². The Bertz CT molecular complexity index is 383. The maximum atomic E-state index is 11.3. The molecule has 0 saturated heterocycles. The van der Waals surface area contributed by atoms with E-state index in [1.54, 1.807) is 0 Å². The molecule has 0 atom stereocenters. The zero-order chi connectivity index (χ0) is 11.6. The first-order valence-corrected chi connectivity index (χ1v) is 6.47. The first-order chi connectivity index (χ1) is 7.62. The Morgan fingerprint density at radius 1 is 1.25 bits per heavy atom. The average Bonchev–Trinajstić information content (AvgIpc) is 2.71. The molecule has 0 heterocycles. The third-order valence-electron chi connectivity index (χ3n) is 3.09. The molecule has 16 heavy (non-hydrogen) atoms. The van der Waals surface area contributed by atoms with Crippen molar-refractivity contribution in [2.75, 3.05) is 5.32 Å². The molecule has 0 spiro atoms. The molecule has 3 nitrogen and oxygen atoms in total. The van der Waals surface area contributed by atoms with Crippen LogP contribution in [0, 0.1) is 3.57 Å². The Kier molecular flexibility index (Phi) is 3.37. The van der Waals surface area contributed by atoms with Gasteiger partial charge in [-0.2, -0.15) is 0 Å². The van der Waals surface area contributed by atoms with Crippen molar-refractivity contribution in [1.82, 2.24) is 0 Å². The summed E-state index contributed by atoms with van der Waals surface area (Å²) >= 11 is 2.23. The summed E-state index contributed by atoms with van der Waals surface area (Å²) in [6, 6.07) is 7.83. The molecule has 86 valence electrons. The molecule has 0 bridgehead atoms. The van der Waals surface area contributed by atoms with Gasteiger partial charge in [0.05, 0.1) is 0 Å². The Morgan fingerprint density at radius 3 is 2.31 bits per heavy atom. The second-order valence-corrected chi connectivity index (χ2v) is 5.47. The van der Waals surface area contributed by atoms with Crippen molar-refractivity contribution >= 4 is 34.2 Å². The fourth-order valence-electron chi connectivity index (χ4n) is 2.18. The number of carboxylic acid groups (broad SMARTS) is 1. The molecule has 0 amide bonds. The molecule has 0 unspecified atom stereocenters. The van der Waals surface area contributed by atoms with Gasteiger partial charge in [-0.3, -0.25) is 0 Å². The lowest BCUT2D eigenvalue weighted by Crippen LogP contribution is -2.43. The monoisotopic (exact) mass is 331 g/mol. The van der Waals surface area contributed by atoms with Gasteiger partial charge in [-0.25, -0.2) is 4.79 Å².